The molecule has 2 aliphatic rings. The van der Waals surface area contributed by atoms with Crippen LogP contribution in [-0.2, 0) is 6.42 Å². The van der Waals surface area contributed by atoms with Crippen LogP contribution >= 0.6 is 0 Å². The molecule has 1 saturated heterocycles. The highest BCUT2D eigenvalue weighted by molar-refractivity contribution is 5.49. The van der Waals surface area contributed by atoms with Gasteiger partial charge in [-0.25, -0.2) is 4.39 Å². The zero-order valence-corrected chi connectivity index (χ0v) is 13.6. The maximum absolute atomic E-state index is 14.3. The smallest absolute Gasteiger partial charge is 0.126 e. The topological polar surface area (TPSA) is 12.5 Å². The first-order valence-corrected chi connectivity index (χ1v) is 7.98. The first-order chi connectivity index (χ1) is 9.94. The minimum Gasteiger partial charge on any atom is -0.496 e. The number of methoxy groups -OCH3 is 1. The molecule has 1 fully saturated rings. The van der Waals surface area contributed by atoms with E-state index in [0.717, 1.165) is 36.4 Å². The number of halogens is 1. The van der Waals surface area contributed by atoms with E-state index in [1.165, 1.54) is 12.8 Å². The molecule has 3 heteroatoms. The summed E-state index contributed by atoms with van der Waals surface area (Å²) < 4.78 is 19.9. The van der Waals surface area contributed by atoms with E-state index in [9.17, 15) is 4.39 Å². The average Bonchev–Trinajstić information content (AvgIpc) is 2.73. The summed E-state index contributed by atoms with van der Waals surface area (Å²) in [5, 5.41) is 0. The largest absolute Gasteiger partial charge is 0.496 e. The van der Waals surface area contributed by atoms with Crippen molar-refractivity contribution in [2.24, 2.45) is 11.3 Å². The van der Waals surface area contributed by atoms with Gasteiger partial charge in [-0.3, -0.25) is 0 Å². The lowest BCUT2D eigenvalue weighted by Gasteiger charge is -2.39. The molecular weight excluding hydrogens is 265 g/mol. The van der Waals surface area contributed by atoms with Gasteiger partial charge in [0.1, 0.15) is 11.6 Å². The van der Waals surface area contributed by atoms with Crippen molar-refractivity contribution in [1.82, 2.24) is 4.90 Å². The Balaban J connectivity index is 2.03. The van der Waals surface area contributed by atoms with Crippen LogP contribution in [0.1, 0.15) is 43.7 Å². The predicted octanol–water partition coefficient (Wildman–Crippen LogP) is 3.84. The van der Waals surface area contributed by atoms with Gasteiger partial charge < -0.3 is 9.64 Å². The monoisotopic (exact) mass is 291 g/mol. The Kier molecular flexibility index (Phi) is 3.73. The number of piperidine rings is 1. The minimum absolute atomic E-state index is 0.0608. The maximum Gasteiger partial charge on any atom is 0.126 e. The summed E-state index contributed by atoms with van der Waals surface area (Å²) in [6, 6.07) is 3.36. The van der Waals surface area contributed by atoms with E-state index >= 15 is 0 Å². The van der Waals surface area contributed by atoms with Gasteiger partial charge in [-0.15, -0.1) is 0 Å². The highest BCUT2D eigenvalue weighted by Crippen LogP contribution is 2.56. The molecule has 0 saturated carbocycles. The Morgan fingerprint density at radius 2 is 1.90 bits per heavy atom. The van der Waals surface area contributed by atoms with Crippen LogP contribution in [0.3, 0.4) is 0 Å². The summed E-state index contributed by atoms with van der Waals surface area (Å²) in [5.74, 6) is 1.86. The van der Waals surface area contributed by atoms with Gasteiger partial charge >= 0.3 is 0 Å². The normalized spacial score (nSPS) is 25.9. The number of hydrogen-bond acceptors (Lipinski definition) is 2. The zero-order valence-electron chi connectivity index (χ0n) is 13.6. The molecule has 1 aliphatic heterocycles. The lowest BCUT2D eigenvalue weighted by molar-refractivity contribution is 0.145. The summed E-state index contributed by atoms with van der Waals surface area (Å²) in [4.78, 5) is 2.39. The Bertz CT molecular complexity index is 532. The fourth-order valence-corrected chi connectivity index (χ4v) is 4.51. The second kappa shape index (κ2) is 5.28. The van der Waals surface area contributed by atoms with Crippen LogP contribution in [0.15, 0.2) is 12.1 Å². The molecule has 1 aromatic carbocycles. The summed E-state index contributed by atoms with van der Waals surface area (Å²) in [5.41, 5.74) is 2.15. The van der Waals surface area contributed by atoms with Crippen molar-refractivity contribution in [3.05, 3.63) is 29.1 Å². The SMILES string of the molecule is COc1ccc(F)c2c1C(C1CCN(C)CC1)C(C)(C)C2. The van der Waals surface area contributed by atoms with Crippen LogP contribution in [0.25, 0.3) is 0 Å². The highest BCUT2D eigenvalue weighted by atomic mass is 19.1. The van der Waals surface area contributed by atoms with Gasteiger partial charge in [-0.2, -0.15) is 0 Å². The molecule has 0 aromatic heterocycles. The zero-order chi connectivity index (χ0) is 15.2. The molecule has 1 aromatic rings. The van der Waals surface area contributed by atoms with Crippen molar-refractivity contribution in [2.45, 2.75) is 39.0 Å². The van der Waals surface area contributed by atoms with Crippen LogP contribution in [0.2, 0.25) is 0 Å². The average molecular weight is 291 g/mol. The molecule has 0 spiro atoms. The lowest BCUT2D eigenvalue weighted by atomic mass is 9.69. The molecule has 2 nitrogen and oxygen atoms in total. The number of nitrogens with zero attached hydrogens (tertiary/aromatic N) is 1. The Morgan fingerprint density at radius 1 is 1.24 bits per heavy atom. The number of likely N-dealkylation sites (tertiary alicyclic amines) is 1. The van der Waals surface area contributed by atoms with E-state index in [-0.39, 0.29) is 11.2 Å². The fourth-order valence-electron chi connectivity index (χ4n) is 4.51. The first kappa shape index (κ1) is 14.8. The molecule has 3 rings (SSSR count). The Morgan fingerprint density at radius 3 is 2.52 bits per heavy atom. The molecular formula is C18H26FNO. The lowest BCUT2D eigenvalue weighted by Crippen LogP contribution is -2.36. The van der Waals surface area contributed by atoms with Crippen molar-refractivity contribution >= 4 is 0 Å². The van der Waals surface area contributed by atoms with Gasteiger partial charge in [0, 0.05) is 5.56 Å². The molecule has 1 heterocycles. The standard InChI is InChI=1S/C18H26FNO/c1-18(2)11-13-14(19)5-6-15(21-4)16(13)17(18)12-7-9-20(3)10-8-12/h5-6,12,17H,7-11H2,1-4H3. The molecule has 1 atom stereocenters. The molecule has 0 N–H and O–H groups in total. The molecule has 116 valence electrons. The van der Waals surface area contributed by atoms with Crippen LogP contribution in [0.5, 0.6) is 5.75 Å². The fraction of sp³-hybridized carbons (Fsp3) is 0.667. The quantitative estimate of drug-likeness (QED) is 0.821. The van der Waals surface area contributed by atoms with Gasteiger partial charge in [0.25, 0.3) is 0 Å². The van der Waals surface area contributed by atoms with Gasteiger partial charge in [0.15, 0.2) is 0 Å². The van der Waals surface area contributed by atoms with E-state index in [1.54, 1.807) is 19.2 Å². The van der Waals surface area contributed by atoms with E-state index in [0.29, 0.717) is 11.8 Å². The van der Waals surface area contributed by atoms with Crippen molar-refractivity contribution in [3.63, 3.8) is 0 Å². The van der Waals surface area contributed by atoms with E-state index < -0.39 is 0 Å². The van der Waals surface area contributed by atoms with Gasteiger partial charge in [0.05, 0.1) is 7.11 Å². The second-order valence-corrected chi connectivity index (χ2v) is 7.43. The Hall–Kier alpha value is -1.09. The van der Waals surface area contributed by atoms with Crippen molar-refractivity contribution < 1.29 is 9.13 Å². The summed E-state index contributed by atoms with van der Waals surface area (Å²) >= 11 is 0. The highest BCUT2D eigenvalue weighted by Gasteiger charge is 2.46. The summed E-state index contributed by atoms with van der Waals surface area (Å²) in [7, 11) is 3.88. The third-order valence-corrected chi connectivity index (χ3v) is 5.50. The summed E-state index contributed by atoms with van der Waals surface area (Å²) in [6.07, 6.45) is 3.22. The molecule has 0 radical (unpaired) electrons. The number of rotatable bonds is 2. The van der Waals surface area contributed by atoms with Crippen molar-refractivity contribution in [1.29, 1.82) is 0 Å². The number of benzene rings is 1. The first-order valence-electron chi connectivity index (χ1n) is 7.98. The molecule has 0 bridgehead atoms. The third-order valence-electron chi connectivity index (χ3n) is 5.50. The van der Waals surface area contributed by atoms with Crippen LogP contribution in [0, 0.1) is 17.2 Å². The van der Waals surface area contributed by atoms with Gasteiger partial charge in [0.2, 0.25) is 0 Å². The third kappa shape index (κ3) is 2.46. The molecule has 0 amide bonds. The number of ether oxygens (including phenoxy) is 1. The maximum atomic E-state index is 14.3. The molecule has 1 unspecified atom stereocenters. The van der Waals surface area contributed by atoms with Gasteiger partial charge in [-0.05, 0) is 74.3 Å². The van der Waals surface area contributed by atoms with Crippen LogP contribution in [-0.4, -0.2) is 32.1 Å². The number of fused-ring (bicyclic) bond motifs is 1. The van der Waals surface area contributed by atoms with Gasteiger partial charge in [-0.1, -0.05) is 13.8 Å². The Labute approximate surface area is 127 Å². The van der Waals surface area contributed by atoms with Crippen LogP contribution in [0.4, 0.5) is 4.39 Å². The summed E-state index contributed by atoms with van der Waals surface area (Å²) in [6.45, 7) is 6.86. The molecule has 21 heavy (non-hydrogen) atoms. The van der Waals surface area contributed by atoms with E-state index in [1.807, 2.05) is 0 Å². The van der Waals surface area contributed by atoms with E-state index in [4.69, 9.17) is 4.74 Å². The van der Waals surface area contributed by atoms with Crippen molar-refractivity contribution in [2.75, 3.05) is 27.2 Å². The molecule has 1 aliphatic carbocycles. The number of hydrogen-bond donors (Lipinski definition) is 0. The predicted molar refractivity (Wildman–Crippen MR) is 83.4 cm³/mol. The van der Waals surface area contributed by atoms with Crippen LogP contribution < -0.4 is 4.74 Å². The van der Waals surface area contributed by atoms with E-state index in [2.05, 4.69) is 25.8 Å². The minimum atomic E-state index is -0.0608. The van der Waals surface area contributed by atoms with Crippen molar-refractivity contribution in [3.8, 4) is 5.75 Å². The second-order valence-electron chi connectivity index (χ2n) is 7.43.